The number of aliphatic carboxylic acids is 1. The monoisotopic (exact) mass is 487 g/mol. The molecule has 0 radical (unpaired) electrons. The van der Waals surface area contributed by atoms with Crippen molar-refractivity contribution in [3.8, 4) is 28.3 Å². The molecule has 186 valence electrons. The molecule has 36 heavy (non-hydrogen) atoms. The van der Waals surface area contributed by atoms with Crippen molar-refractivity contribution in [1.82, 2.24) is 24.8 Å². The summed E-state index contributed by atoms with van der Waals surface area (Å²) in [6.07, 6.45) is 6.03. The lowest BCUT2D eigenvalue weighted by Gasteiger charge is -2.14. The number of aromatic nitrogens is 4. The molecule has 0 amide bonds. The molecule has 3 N–H and O–H groups in total. The van der Waals surface area contributed by atoms with Gasteiger partial charge in [-0.3, -0.25) is 4.79 Å². The molecule has 0 saturated carbocycles. The van der Waals surface area contributed by atoms with Gasteiger partial charge in [0.15, 0.2) is 11.2 Å². The molecule has 0 saturated heterocycles. The molecular formula is C27H29N5O4. The second-order valence-electron chi connectivity index (χ2n) is 8.70. The first-order valence-corrected chi connectivity index (χ1v) is 11.7. The molecule has 9 heteroatoms. The van der Waals surface area contributed by atoms with E-state index >= 15 is 0 Å². The summed E-state index contributed by atoms with van der Waals surface area (Å²) in [6, 6.07) is 11.8. The molecule has 4 aromatic rings. The summed E-state index contributed by atoms with van der Waals surface area (Å²) < 4.78 is 5.93. The van der Waals surface area contributed by atoms with Crippen LogP contribution in [0.25, 0.3) is 39.8 Å². The Kier molecular flexibility index (Phi) is 7.60. The number of carboxylic acids is 1. The van der Waals surface area contributed by atoms with Crippen molar-refractivity contribution in [2.45, 2.75) is 19.8 Å². The molecule has 0 unspecified atom stereocenters. The summed E-state index contributed by atoms with van der Waals surface area (Å²) >= 11 is 0. The number of nitrogens with zero attached hydrogens (tertiary/aromatic N) is 3. The normalized spacial score (nSPS) is 11.6. The number of fused-ring (bicyclic) bond motifs is 1. The fraction of sp³-hybridized carbons (Fsp3) is 0.259. The first-order valence-electron chi connectivity index (χ1n) is 11.7. The molecule has 0 bridgehead atoms. The van der Waals surface area contributed by atoms with E-state index in [0.717, 1.165) is 47.7 Å². The van der Waals surface area contributed by atoms with Crippen molar-refractivity contribution in [3.05, 3.63) is 70.3 Å². The van der Waals surface area contributed by atoms with E-state index in [2.05, 4.69) is 30.9 Å². The van der Waals surface area contributed by atoms with Crippen LogP contribution in [-0.2, 0) is 11.2 Å². The third-order valence-electron chi connectivity index (χ3n) is 5.67. The van der Waals surface area contributed by atoms with E-state index in [1.54, 1.807) is 6.08 Å². The summed E-state index contributed by atoms with van der Waals surface area (Å²) in [4.78, 5) is 39.9. The average Bonchev–Trinajstić information content (AvgIpc) is 3.32. The maximum absolute atomic E-state index is 12.4. The predicted octanol–water partition coefficient (Wildman–Crippen LogP) is 3.97. The lowest BCUT2D eigenvalue weighted by Crippen LogP contribution is -2.13. The standard InChI is InChI=1S/C27H29N5O4/c1-4-36-22-15-19(8-9-21(22)25-30-26-24(27(35)31-25)28-16-29-26)20-13-17(6-5-11-32(2)3)12-18(14-20)7-10-23(33)34/h7-10,12-16H,4-6,11H2,1-3H3,(H,33,34)(H2,28,29,30,31,35)/b10-7+. The zero-order chi connectivity index (χ0) is 25.7. The number of nitrogens with one attached hydrogen (secondary N) is 2. The fourth-order valence-corrected chi connectivity index (χ4v) is 4.04. The van der Waals surface area contributed by atoms with Gasteiger partial charge in [0.25, 0.3) is 5.56 Å². The number of H-pyrrole nitrogens is 2. The smallest absolute Gasteiger partial charge is 0.328 e. The fourth-order valence-electron chi connectivity index (χ4n) is 4.04. The van der Waals surface area contributed by atoms with Gasteiger partial charge in [-0.15, -0.1) is 0 Å². The summed E-state index contributed by atoms with van der Waals surface area (Å²) in [5, 5.41) is 9.09. The zero-order valence-electron chi connectivity index (χ0n) is 20.5. The summed E-state index contributed by atoms with van der Waals surface area (Å²) in [7, 11) is 4.08. The zero-order valence-corrected chi connectivity index (χ0v) is 20.5. The number of aryl methyl sites for hydroxylation is 1. The van der Waals surface area contributed by atoms with Gasteiger partial charge in [0.2, 0.25) is 0 Å². The topological polar surface area (TPSA) is 124 Å². The van der Waals surface area contributed by atoms with Crippen molar-refractivity contribution in [2.24, 2.45) is 0 Å². The second-order valence-corrected chi connectivity index (χ2v) is 8.70. The highest BCUT2D eigenvalue weighted by atomic mass is 16.5. The molecule has 0 aliphatic rings. The van der Waals surface area contributed by atoms with E-state index in [1.165, 1.54) is 6.33 Å². The van der Waals surface area contributed by atoms with Crippen LogP contribution in [0.5, 0.6) is 5.75 Å². The number of imidazole rings is 1. The van der Waals surface area contributed by atoms with Gasteiger partial charge in [0.05, 0.1) is 18.5 Å². The highest BCUT2D eigenvalue weighted by Crippen LogP contribution is 2.34. The van der Waals surface area contributed by atoms with Crippen molar-refractivity contribution >= 4 is 23.2 Å². The van der Waals surface area contributed by atoms with E-state index in [1.807, 2.05) is 51.4 Å². The van der Waals surface area contributed by atoms with Crippen LogP contribution in [0.4, 0.5) is 0 Å². The maximum atomic E-state index is 12.4. The Bertz CT molecular complexity index is 1470. The lowest BCUT2D eigenvalue weighted by molar-refractivity contribution is -0.131. The van der Waals surface area contributed by atoms with Gasteiger partial charge in [-0.2, -0.15) is 0 Å². The molecule has 4 rings (SSSR count). The Morgan fingerprint density at radius 1 is 1.17 bits per heavy atom. The van der Waals surface area contributed by atoms with Crippen molar-refractivity contribution in [2.75, 3.05) is 27.2 Å². The molecule has 9 nitrogen and oxygen atoms in total. The van der Waals surface area contributed by atoms with E-state index in [9.17, 15) is 9.59 Å². The Labute approximate surface area is 208 Å². The third kappa shape index (κ3) is 5.87. The molecule has 2 aromatic carbocycles. The molecule has 2 aromatic heterocycles. The maximum Gasteiger partial charge on any atom is 0.328 e. The summed E-state index contributed by atoms with van der Waals surface area (Å²) in [6.45, 7) is 3.28. The van der Waals surface area contributed by atoms with Crippen LogP contribution >= 0.6 is 0 Å². The van der Waals surface area contributed by atoms with Crippen LogP contribution in [-0.4, -0.2) is 63.2 Å². The van der Waals surface area contributed by atoms with E-state index < -0.39 is 5.97 Å². The number of benzene rings is 2. The molecule has 0 atom stereocenters. The van der Waals surface area contributed by atoms with Crippen LogP contribution in [0.2, 0.25) is 0 Å². The van der Waals surface area contributed by atoms with E-state index in [-0.39, 0.29) is 5.56 Å². The van der Waals surface area contributed by atoms with Gasteiger partial charge in [0, 0.05) is 6.08 Å². The van der Waals surface area contributed by atoms with E-state index in [0.29, 0.717) is 34.9 Å². The first-order chi connectivity index (χ1) is 17.3. The van der Waals surface area contributed by atoms with Crippen LogP contribution in [0.15, 0.2) is 53.6 Å². The molecule has 0 aliphatic carbocycles. The molecule has 0 aliphatic heterocycles. The average molecular weight is 488 g/mol. The molecular weight excluding hydrogens is 458 g/mol. The van der Waals surface area contributed by atoms with Gasteiger partial charge in [-0.1, -0.05) is 18.2 Å². The number of carbonyl (C=O) groups is 1. The van der Waals surface area contributed by atoms with Crippen LogP contribution in [0.3, 0.4) is 0 Å². The van der Waals surface area contributed by atoms with Crippen LogP contribution in [0.1, 0.15) is 24.5 Å². The number of aromatic amines is 2. The largest absolute Gasteiger partial charge is 0.493 e. The third-order valence-corrected chi connectivity index (χ3v) is 5.67. The van der Waals surface area contributed by atoms with Crippen molar-refractivity contribution in [3.63, 3.8) is 0 Å². The minimum Gasteiger partial charge on any atom is -0.493 e. The SMILES string of the molecule is CCOc1cc(-c2cc(/C=C/C(=O)O)cc(CCCN(C)C)c2)ccc1-c1nc2nc[nH]c2c(=O)[nH]1. The lowest BCUT2D eigenvalue weighted by atomic mass is 9.96. The minimum absolute atomic E-state index is 0.306. The Balaban J connectivity index is 1.76. The van der Waals surface area contributed by atoms with Crippen LogP contribution < -0.4 is 10.3 Å². The first kappa shape index (κ1) is 24.9. The second kappa shape index (κ2) is 11.0. The summed E-state index contributed by atoms with van der Waals surface area (Å²) in [5.74, 6) is -0.0429. The predicted molar refractivity (Wildman–Crippen MR) is 140 cm³/mol. The quantitative estimate of drug-likeness (QED) is 0.289. The van der Waals surface area contributed by atoms with Crippen LogP contribution in [0, 0.1) is 0 Å². The number of ether oxygens (including phenoxy) is 1. The van der Waals surface area contributed by atoms with Gasteiger partial charge in [-0.05, 0) is 86.9 Å². The Morgan fingerprint density at radius 2 is 2.00 bits per heavy atom. The van der Waals surface area contributed by atoms with Gasteiger partial charge < -0.3 is 24.7 Å². The number of hydrogen-bond donors (Lipinski definition) is 3. The van der Waals surface area contributed by atoms with Crippen molar-refractivity contribution < 1.29 is 14.6 Å². The van der Waals surface area contributed by atoms with Crippen molar-refractivity contribution in [1.29, 1.82) is 0 Å². The highest BCUT2D eigenvalue weighted by Gasteiger charge is 2.14. The van der Waals surface area contributed by atoms with Gasteiger partial charge in [-0.25, -0.2) is 14.8 Å². The van der Waals surface area contributed by atoms with Gasteiger partial charge in [0.1, 0.15) is 11.6 Å². The van der Waals surface area contributed by atoms with Gasteiger partial charge >= 0.3 is 5.97 Å². The van der Waals surface area contributed by atoms with E-state index in [4.69, 9.17) is 9.84 Å². The number of hydrogen-bond acceptors (Lipinski definition) is 6. The Morgan fingerprint density at radius 3 is 2.75 bits per heavy atom. The molecule has 0 fully saturated rings. The highest BCUT2D eigenvalue weighted by molar-refractivity contribution is 5.86. The number of rotatable bonds is 10. The molecule has 0 spiro atoms. The minimum atomic E-state index is -0.993. The Hall–Kier alpha value is -4.24. The summed E-state index contributed by atoms with van der Waals surface area (Å²) in [5.41, 5.74) is 4.78. The number of carboxylic acid groups (broad SMARTS) is 1. The molecule has 2 heterocycles.